The third kappa shape index (κ3) is 2.86. The Morgan fingerprint density at radius 3 is 3.00 bits per heavy atom. The number of rotatable bonds is 2. The van der Waals surface area contributed by atoms with E-state index in [9.17, 15) is 0 Å². The van der Waals surface area contributed by atoms with E-state index in [1.165, 1.54) is 0 Å². The molecule has 0 fully saturated rings. The fraction of sp³-hybridized carbons (Fsp3) is 0.200. The summed E-state index contributed by atoms with van der Waals surface area (Å²) in [6.07, 6.45) is 0. The van der Waals surface area contributed by atoms with Crippen LogP contribution in [-0.4, -0.2) is 6.61 Å². The molecule has 0 spiro atoms. The van der Waals surface area contributed by atoms with Gasteiger partial charge in [-0.05, 0) is 25.1 Å². The van der Waals surface area contributed by atoms with E-state index in [2.05, 4.69) is 11.8 Å². The summed E-state index contributed by atoms with van der Waals surface area (Å²) >= 11 is 5.74. The molecular formula is C10H9ClO. The minimum atomic E-state index is 0.414. The second-order valence-corrected chi connectivity index (χ2v) is 2.61. The second-order valence-electron chi connectivity index (χ2n) is 2.17. The van der Waals surface area contributed by atoms with Crippen molar-refractivity contribution in [3.05, 3.63) is 29.3 Å². The summed E-state index contributed by atoms with van der Waals surface area (Å²) in [5.41, 5.74) is 0. The van der Waals surface area contributed by atoms with Crippen molar-refractivity contribution in [2.45, 2.75) is 6.92 Å². The highest BCUT2D eigenvalue weighted by Crippen LogP contribution is 2.16. The van der Waals surface area contributed by atoms with Crippen LogP contribution in [0.5, 0.6) is 5.75 Å². The highest BCUT2D eigenvalue weighted by atomic mass is 35.5. The first kappa shape index (κ1) is 8.96. The quantitative estimate of drug-likeness (QED) is 0.636. The van der Waals surface area contributed by atoms with Gasteiger partial charge in [-0.1, -0.05) is 23.6 Å². The van der Waals surface area contributed by atoms with Crippen molar-refractivity contribution >= 4 is 11.6 Å². The molecule has 0 aromatic heterocycles. The van der Waals surface area contributed by atoms with Crippen LogP contribution in [0.3, 0.4) is 0 Å². The number of ether oxygens (including phenoxy) is 1. The van der Waals surface area contributed by atoms with E-state index in [0.717, 1.165) is 5.75 Å². The lowest BCUT2D eigenvalue weighted by molar-refractivity contribution is 0.370. The van der Waals surface area contributed by atoms with Gasteiger partial charge in [-0.25, -0.2) is 0 Å². The molecule has 0 unspecified atom stereocenters. The number of benzene rings is 1. The molecule has 0 amide bonds. The van der Waals surface area contributed by atoms with Crippen LogP contribution in [0.1, 0.15) is 6.92 Å². The lowest BCUT2D eigenvalue weighted by atomic mass is 10.3. The molecule has 0 saturated carbocycles. The van der Waals surface area contributed by atoms with Gasteiger partial charge < -0.3 is 4.74 Å². The van der Waals surface area contributed by atoms with Crippen LogP contribution in [0.25, 0.3) is 0 Å². The van der Waals surface area contributed by atoms with Crippen LogP contribution < -0.4 is 4.74 Å². The molecule has 1 nitrogen and oxygen atoms in total. The molecule has 0 saturated heterocycles. The van der Waals surface area contributed by atoms with Crippen LogP contribution in [0, 0.1) is 11.8 Å². The van der Waals surface area contributed by atoms with Gasteiger partial charge in [0, 0.05) is 5.02 Å². The number of halogens is 1. The van der Waals surface area contributed by atoms with Crippen molar-refractivity contribution in [3.63, 3.8) is 0 Å². The first-order valence-electron chi connectivity index (χ1n) is 3.61. The zero-order valence-corrected chi connectivity index (χ0v) is 7.56. The van der Waals surface area contributed by atoms with Gasteiger partial charge in [-0.2, -0.15) is 0 Å². The first-order chi connectivity index (χ1) is 5.83. The predicted molar refractivity (Wildman–Crippen MR) is 50.4 cm³/mol. The Bertz CT molecular complexity index is 309. The SMILES string of the molecule is CC#CCOc1cccc(Cl)c1. The van der Waals surface area contributed by atoms with Gasteiger partial charge in [-0.3, -0.25) is 0 Å². The van der Waals surface area contributed by atoms with Crippen molar-refractivity contribution in [1.29, 1.82) is 0 Å². The minimum absolute atomic E-state index is 0.414. The third-order valence-electron chi connectivity index (χ3n) is 1.28. The molecule has 1 rings (SSSR count). The summed E-state index contributed by atoms with van der Waals surface area (Å²) in [6.45, 7) is 2.19. The van der Waals surface area contributed by atoms with Crippen molar-refractivity contribution in [1.82, 2.24) is 0 Å². The summed E-state index contributed by atoms with van der Waals surface area (Å²) in [6, 6.07) is 7.26. The zero-order chi connectivity index (χ0) is 8.81. The van der Waals surface area contributed by atoms with Gasteiger partial charge in [0.1, 0.15) is 12.4 Å². The Morgan fingerprint density at radius 1 is 1.50 bits per heavy atom. The van der Waals surface area contributed by atoms with E-state index in [-0.39, 0.29) is 0 Å². The third-order valence-corrected chi connectivity index (χ3v) is 1.52. The average Bonchev–Trinajstić information content (AvgIpc) is 2.05. The molecule has 1 aromatic rings. The van der Waals surface area contributed by atoms with Crippen LogP contribution in [0.15, 0.2) is 24.3 Å². The Morgan fingerprint density at radius 2 is 2.33 bits per heavy atom. The summed E-state index contributed by atoms with van der Waals surface area (Å²) in [5, 5.41) is 0.678. The first-order valence-corrected chi connectivity index (χ1v) is 3.98. The van der Waals surface area contributed by atoms with E-state index in [0.29, 0.717) is 11.6 Å². The van der Waals surface area contributed by atoms with Gasteiger partial charge >= 0.3 is 0 Å². The van der Waals surface area contributed by atoms with Gasteiger partial charge in [-0.15, -0.1) is 5.92 Å². The predicted octanol–water partition coefficient (Wildman–Crippen LogP) is 2.74. The van der Waals surface area contributed by atoms with Gasteiger partial charge in [0.15, 0.2) is 0 Å². The molecule has 0 aliphatic rings. The van der Waals surface area contributed by atoms with Crippen LogP contribution >= 0.6 is 11.6 Å². The molecule has 0 atom stereocenters. The Hall–Kier alpha value is -1.13. The Balaban J connectivity index is 2.55. The molecule has 0 heterocycles. The average molecular weight is 181 g/mol. The maximum atomic E-state index is 5.74. The van der Waals surface area contributed by atoms with E-state index in [4.69, 9.17) is 16.3 Å². The normalized spacial score (nSPS) is 8.50. The maximum absolute atomic E-state index is 5.74. The maximum Gasteiger partial charge on any atom is 0.149 e. The molecule has 0 bridgehead atoms. The fourth-order valence-corrected chi connectivity index (χ4v) is 0.929. The second kappa shape index (κ2) is 4.69. The summed E-state index contributed by atoms with van der Waals surface area (Å²) in [4.78, 5) is 0. The lowest BCUT2D eigenvalue weighted by Gasteiger charge is -2.00. The van der Waals surface area contributed by atoms with Gasteiger partial charge in [0.25, 0.3) is 0 Å². The van der Waals surface area contributed by atoms with Crippen molar-refractivity contribution in [2.24, 2.45) is 0 Å². The molecule has 0 aliphatic heterocycles. The Kier molecular flexibility index (Phi) is 3.50. The lowest BCUT2D eigenvalue weighted by Crippen LogP contribution is -1.92. The van der Waals surface area contributed by atoms with Crippen LogP contribution in [0.2, 0.25) is 5.02 Å². The smallest absolute Gasteiger partial charge is 0.149 e. The van der Waals surface area contributed by atoms with Crippen LogP contribution in [-0.2, 0) is 0 Å². The van der Waals surface area contributed by atoms with Crippen LogP contribution in [0.4, 0.5) is 0 Å². The zero-order valence-electron chi connectivity index (χ0n) is 6.80. The van der Waals surface area contributed by atoms with E-state index >= 15 is 0 Å². The Labute approximate surface area is 77.3 Å². The van der Waals surface area contributed by atoms with Gasteiger partial charge in [0.05, 0.1) is 0 Å². The monoisotopic (exact) mass is 180 g/mol. The minimum Gasteiger partial charge on any atom is -0.481 e. The van der Waals surface area contributed by atoms with Gasteiger partial charge in [0.2, 0.25) is 0 Å². The summed E-state index contributed by atoms with van der Waals surface area (Å²) < 4.78 is 5.27. The largest absolute Gasteiger partial charge is 0.481 e. The highest BCUT2D eigenvalue weighted by molar-refractivity contribution is 6.30. The van der Waals surface area contributed by atoms with E-state index in [1.807, 2.05) is 12.1 Å². The standard InChI is InChI=1S/C10H9ClO/c1-2-3-7-12-10-6-4-5-9(11)8-10/h4-6,8H,7H2,1H3. The van der Waals surface area contributed by atoms with Crippen molar-refractivity contribution < 1.29 is 4.74 Å². The molecule has 12 heavy (non-hydrogen) atoms. The molecule has 0 aliphatic carbocycles. The molecule has 1 aromatic carbocycles. The van der Waals surface area contributed by atoms with E-state index in [1.54, 1.807) is 19.1 Å². The van der Waals surface area contributed by atoms with Crippen molar-refractivity contribution in [2.75, 3.05) is 6.61 Å². The molecular weight excluding hydrogens is 172 g/mol. The molecule has 0 radical (unpaired) electrons. The molecule has 2 heteroatoms. The summed E-state index contributed by atoms with van der Waals surface area (Å²) in [7, 11) is 0. The topological polar surface area (TPSA) is 9.23 Å². The molecule has 0 N–H and O–H groups in total. The van der Waals surface area contributed by atoms with Crippen molar-refractivity contribution in [3.8, 4) is 17.6 Å². The highest BCUT2D eigenvalue weighted by Gasteiger charge is 1.91. The molecule has 62 valence electrons. The number of hydrogen-bond acceptors (Lipinski definition) is 1. The summed E-state index contributed by atoms with van der Waals surface area (Å²) in [5.74, 6) is 6.30. The van der Waals surface area contributed by atoms with E-state index < -0.39 is 0 Å². The number of hydrogen-bond donors (Lipinski definition) is 0. The fourth-order valence-electron chi connectivity index (χ4n) is 0.748.